The number of rotatable bonds is 5. The Morgan fingerprint density at radius 3 is 2.72 bits per heavy atom. The fraction of sp³-hybridized carbons (Fsp3) is 0.333. The molecule has 0 aliphatic heterocycles. The van der Waals surface area contributed by atoms with Crippen molar-refractivity contribution in [2.75, 3.05) is 0 Å². The second-order valence-electron chi connectivity index (χ2n) is 8.51. The Morgan fingerprint density at radius 2 is 2.03 bits per heavy atom. The number of aromatic nitrogens is 5. The van der Waals surface area contributed by atoms with Gasteiger partial charge in [-0.1, -0.05) is 6.07 Å². The van der Waals surface area contributed by atoms with E-state index in [2.05, 4.69) is 20.4 Å². The predicted molar refractivity (Wildman–Crippen MR) is 121 cm³/mol. The Kier molecular flexibility index (Phi) is 5.22. The fourth-order valence-corrected chi connectivity index (χ4v) is 4.37. The number of aliphatic hydroxyl groups is 1. The van der Waals surface area contributed by atoms with Crippen LogP contribution >= 0.6 is 0 Å². The maximum atomic E-state index is 12.9. The number of pyridine rings is 2. The van der Waals surface area contributed by atoms with E-state index in [4.69, 9.17) is 0 Å². The normalized spacial score (nSPS) is 18.3. The molecule has 32 heavy (non-hydrogen) atoms. The van der Waals surface area contributed by atoms with E-state index >= 15 is 0 Å². The predicted octanol–water partition coefficient (Wildman–Crippen LogP) is 2.60. The zero-order chi connectivity index (χ0) is 22.2. The van der Waals surface area contributed by atoms with Crippen molar-refractivity contribution in [3.05, 3.63) is 65.7 Å². The summed E-state index contributed by atoms with van der Waals surface area (Å²) < 4.78 is 3.67. The van der Waals surface area contributed by atoms with Crippen LogP contribution in [0.15, 0.2) is 48.9 Å². The first-order chi connectivity index (χ1) is 15.5. The lowest BCUT2D eigenvalue weighted by Gasteiger charge is -2.16. The van der Waals surface area contributed by atoms with Crippen molar-refractivity contribution in [1.82, 2.24) is 29.6 Å². The van der Waals surface area contributed by atoms with Gasteiger partial charge in [0.15, 0.2) is 0 Å². The fourth-order valence-electron chi connectivity index (χ4n) is 4.37. The van der Waals surface area contributed by atoms with Crippen LogP contribution in [0.3, 0.4) is 0 Å². The topological polar surface area (TPSA) is 97.9 Å². The van der Waals surface area contributed by atoms with Gasteiger partial charge in [-0.15, -0.1) is 0 Å². The second-order valence-corrected chi connectivity index (χ2v) is 8.51. The summed E-state index contributed by atoms with van der Waals surface area (Å²) in [5.74, 6) is -0.246. The highest BCUT2D eigenvalue weighted by Gasteiger charge is 2.27. The number of nitrogens with one attached hydrogen (secondary N) is 1. The van der Waals surface area contributed by atoms with E-state index in [1.165, 1.54) is 0 Å². The van der Waals surface area contributed by atoms with Crippen molar-refractivity contribution in [3.63, 3.8) is 0 Å². The molecular weight excluding hydrogens is 404 g/mol. The summed E-state index contributed by atoms with van der Waals surface area (Å²) in [4.78, 5) is 22.1. The molecule has 8 nitrogen and oxygen atoms in total. The third-order valence-electron chi connectivity index (χ3n) is 6.15. The molecule has 1 aliphatic carbocycles. The molecule has 8 heteroatoms. The number of aliphatic hydroxyl groups excluding tert-OH is 1. The van der Waals surface area contributed by atoms with E-state index < -0.39 is 6.10 Å². The summed E-state index contributed by atoms with van der Waals surface area (Å²) in [5, 5.41) is 18.4. The maximum absolute atomic E-state index is 12.9. The third-order valence-corrected chi connectivity index (χ3v) is 6.15. The highest BCUT2D eigenvalue weighted by molar-refractivity contribution is 5.95. The van der Waals surface area contributed by atoms with Gasteiger partial charge in [-0.2, -0.15) is 5.10 Å². The minimum absolute atomic E-state index is 0.208. The van der Waals surface area contributed by atoms with E-state index in [1.54, 1.807) is 4.68 Å². The number of fused-ring (bicyclic) bond motifs is 1. The van der Waals surface area contributed by atoms with Gasteiger partial charge in [0.2, 0.25) is 0 Å². The number of aryl methyl sites for hydroxylation is 2. The monoisotopic (exact) mass is 430 g/mol. The van der Waals surface area contributed by atoms with Gasteiger partial charge in [-0.05, 0) is 61.1 Å². The molecule has 4 aromatic heterocycles. The van der Waals surface area contributed by atoms with Crippen molar-refractivity contribution in [2.24, 2.45) is 14.1 Å². The molecular formula is C24H26N6O2. The van der Waals surface area contributed by atoms with E-state index in [-0.39, 0.29) is 11.9 Å². The van der Waals surface area contributed by atoms with Crippen LogP contribution in [0.5, 0.6) is 0 Å². The average Bonchev–Trinajstić information content (AvgIpc) is 3.50. The Hall–Kier alpha value is -3.52. The molecule has 1 aliphatic rings. The first-order valence-corrected chi connectivity index (χ1v) is 10.9. The average molecular weight is 431 g/mol. The number of amides is 1. The van der Waals surface area contributed by atoms with Gasteiger partial charge in [0.05, 0.1) is 17.8 Å². The van der Waals surface area contributed by atoms with Gasteiger partial charge in [-0.25, -0.2) is 4.98 Å². The lowest BCUT2D eigenvalue weighted by molar-refractivity contribution is 0.0868. The van der Waals surface area contributed by atoms with Crippen molar-refractivity contribution < 1.29 is 9.90 Å². The Balaban J connectivity index is 1.43. The summed E-state index contributed by atoms with van der Waals surface area (Å²) in [6.45, 7) is 0. The molecule has 4 aromatic rings. The summed E-state index contributed by atoms with van der Waals surface area (Å²) >= 11 is 0. The molecule has 164 valence electrons. The highest BCUT2D eigenvalue weighted by atomic mass is 16.3. The molecule has 1 saturated carbocycles. The molecule has 4 heterocycles. The Labute approximate surface area is 185 Å². The first-order valence-electron chi connectivity index (χ1n) is 10.9. The molecule has 1 fully saturated rings. The smallest absolute Gasteiger partial charge is 0.270 e. The molecule has 0 spiro atoms. The van der Waals surface area contributed by atoms with Gasteiger partial charge < -0.3 is 15.0 Å². The zero-order valence-corrected chi connectivity index (χ0v) is 18.2. The van der Waals surface area contributed by atoms with Crippen LogP contribution in [-0.2, 0) is 20.5 Å². The summed E-state index contributed by atoms with van der Waals surface area (Å²) in [6, 6.07) is 9.61. The molecule has 5 rings (SSSR count). The number of nitrogens with zero attached hydrogens (tertiary/aromatic N) is 5. The van der Waals surface area contributed by atoms with Crippen molar-refractivity contribution in [1.29, 1.82) is 0 Å². The van der Waals surface area contributed by atoms with Gasteiger partial charge in [0, 0.05) is 38.1 Å². The molecule has 2 N–H and O–H groups in total. The number of carbonyl (C=O) groups is 1. The molecule has 0 bridgehead atoms. The summed E-state index contributed by atoms with van der Waals surface area (Å²) in [5.41, 5.74) is 4.84. The Bertz CT molecular complexity index is 1270. The van der Waals surface area contributed by atoms with E-state index in [9.17, 15) is 9.90 Å². The molecule has 1 amide bonds. The van der Waals surface area contributed by atoms with Crippen LogP contribution in [0.1, 0.15) is 40.9 Å². The summed E-state index contributed by atoms with van der Waals surface area (Å²) in [6.07, 6.45) is 8.28. The van der Waals surface area contributed by atoms with Crippen LogP contribution in [0, 0.1) is 0 Å². The minimum atomic E-state index is -0.485. The second kappa shape index (κ2) is 8.20. The van der Waals surface area contributed by atoms with Crippen molar-refractivity contribution in [3.8, 4) is 11.4 Å². The zero-order valence-electron chi connectivity index (χ0n) is 18.2. The van der Waals surface area contributed by atoms with Crippen molar-refractivity contribution >= 4 is 16.9 Å². The molecule has 0 unspecified atom stereocenters. The van der Waals surface area contributed by atoms with E-state index in [0.29, 0.717) is 12.1 Å². The lowest BCUT2D eigenvalue weighted by Crippen LogP contribution is -2.40. The number of hydrogen-bond donors (Lipinski definition) is 2. The van der Waals surface area contributed by atoms with Gasteiger partial charge >= 0.3 is 0 Å². The Morgan fingerprint density at radius 1 is 1.16 bits per heavy atom. The van der Waals surface area contributed by atoms with Crippen LogP contribution in [0.4, 0.5) is 0 Å². The number of carbonyl (C=O) groups excluding carboxylic acids is 1. The molecule has 0 radical (unpaired) electrons. The standard InChI is InChI=1S/C24H26N6O2/c1-29-10-8-17-16(12-15-6-7-18(25-14-15)19-9-11-30(2)28-19)13-21(26-23(17)29)24(32)27-20-4-3-5-22(20)31/h6-11,13-14,20,22,31H,3-5,12H2,1-2H3,(H,27,32)/t20-,22-/m1/s1. The molecule has 0 saturated heterocycles. The highest BCUT2D eigenvalue weighted by Crippen LogP contribution is 2.24. The first kappa shape index (κ1) is 20.4. The van der Waals surface area contributed by atoms with Crippen LogP contribution < -0.4 is 5.32 Å². The largest absolute Gasteiger partial charge is 0.391 e. The van der Waals surface area contributed by atoms with E-state index in [0.717, 1.165) is 52.8 Å². The van der Waals surface area contributed by atoms with Crippen LogP contribution in [-0.4, -0.2) is 47.5 Å². The summed E-state index contributed by atoms with van der Waals surface area (Å²) in [7, 11) is 3.80. The van der Waals surface area contributed by atoms with Crippen molar-refractivity contribution in [2.45, 2.75) is 37.8 Å². The van der Waals surface area contributed by atoms with Crippen LogP contribution in [0.25, 0.3) is 22.4 Å². The quantitative estimate of drug-likeness (QED) is 0.507. The molecule has 2 atom stereocenters. The third kappa shape index (κ3) is 3.89. The van der Waals surface area contributed by atoms with Gasteiger partial charge in [-0.3, -0.25) is 14.5 Å². The van der Waals surface area contributed by atoms with Crippen LogP contribution in [0.2, 0.25) is 0 Å². The SMILES string of the molecule is Cn1ccc(-c2ccc(Cc3cc(C(=O)N[C@@H]4CCC[C@H]4O)nc4c3ccn4C)cn2)n1. The van der Waals surface area contributed by atoms with Gasteiger partial charge in [0.25, 0.3) is 5.91 Å². The van der Waals surface area contributed by atoms with Gasteiger partial charge in [0.1, 0.15) is 17.0 Å². The maximum Gasteiger partial charge on any atom is 0.270 e. The minimum Gasteiger partial charge on any atom is -0.391 e. The molecule has 0 aromatic carbocycles. The number of hydrogen-bond acceptors (Lipinski definition) is 5. The van der Waals surface area contributed by atoms with E-state index in [1.807, 2.05) is 67.6 Å². The lowest BCUT2D eigenvalue weighted by atomic mass is 10.0.